The van der Waals surface area contributed by atoms with Gasteiger partial charge in [-0.3, -0.25) is 4.79 Å². The highest BCUT2D eigenvalue weighted by molar-refractivity contribution is 6.39. The highest BCUT2D eigenvalue weighted by Gasteiger charge is 2.24. The Morgan fingerprint density at radius 3 is 2.43 bits per heavy atom. The molecule has 1 aliphatic heterocycles. The van der Waals surface area contributed by atoms with Crippen molar-refractivity contribution in [1.82, 2.24) is 10.6 Å². The first-order chi connectivity index (χ1) is 13.4. The van der Waals surface area contributed by atoms with Crippen LogP contribution in [0.3, 0.4) is 0 Å². The van der Waals surface area contributed by atoms with Gasteiger partial charge in [-0.2, -0.15) is 0 Å². The molecule has 0 saturated carbocycles. The van der Waals surface area contributed by atoms with E-state index in [2.05, 4.69) is 10.6 Å². The van der Waals surface area contributed by atoms with Crippen molar-refractivity contribution < 1.29 is 19.4 Å². The van der Waals surface area contributed by atoms with Crippen molar-refractivity contribution in [3.05, 3.63) is 63.6 Å². The molecule has 8 heteroatoms. The van der Waals surface area contributed by atoms with E-state index in [-0.39, 0.29) is 28.1 Å². The van der Waals surface area contributed by atoms with E-state index in [4.69, 9.17) is 27.9 Å². The van der Waals surface area contributed by atoms with E-state index < -0.39 is 17.9 Å². The topological polar surface area (TPSA) is 87.7 Å². The number of carbonyl (C=O) groups excluding carboxylic acids is 1. The molecule has 148 valence electrons. The lowest BCUT2D eigenvalue weighted by Crippen LogP contribution is -2.42. The summed E-state index contributed by atoms with van der Waals surface area (Å²) < 4.78 is 5.85. The average molecular weight is 423 g/mol. The summed E-state index contributed by atoms with van der Waals surface area (Å²) in [4.78, 5) is 24.1. The lowest BCUT2D eigenvalue weighted by Gasteiger charge is -2.17. The summed E-state index contributed by atoms with van der Waals surface area (Å²) >= 11 is 12.0. The molecule has 1 saturated heterocycles. The maximum atomic E-state index is 12.5. The average Bonchev–Trinajstić information content (AvgIpc) is 3.15. The molecule has 0 aromatic heterocycles. The Labute approximate surface area is 172 Å². The highest BCUT2D eigenvalue weighted by atomic mass is 35.5. The summed E-state index contributed by atoms with van der Waals surface area (Å²) in [5, 5.41) is 15.6. The second-order valence-corrected chi connectivity index (χ2v) is 7.36. The number of rotatable bonds is 7. The summed E-state index contributed by atoms with van der Waals surface area (Å²) in [5.41, 5.74) is 0.820. The molecule has 2 aromatic rings. The van der Waals surface area contributed by atoms with Crippen molar-refractivity contribution in [1.29, 1.82) is 0 Å². The van der Waals surface area contributed by atoms with Crippen molar-refractivity contribution in [2.24, 2.45) is 0 Å². The Morgan fingerprint density at radius 2 is 1.86 bits per heavy atom. The Kier molecular flexibility index (Phi) is 6.78. The lowest BCUT2D eigenvalue weighted by atomic mass is 10.0. The molecule has 1 amide bonds. The minimum Gasteiger partial charge on any atom is -0.489 e. The number of ether oxygens (including phenoxy) is 1. The molecule has 0 unspecified atom stereocenters. The largest absolute Gasteiger partial charge is 0.489 e. The predicted molar refractivity (Wildman–Crippen MR) is 107 cm³/mol. The first-order valence-corrected chi connectivity index (χ1v) is 9.63. The number of carboxylic acids is 1. The van der Waals surface area contributed by atoms with Crippen LogP contribution in [0.5, 0.6) is 5.75 Å². The van der Waals surface area contributed by atoms with Gasteiger partial charge in [-0.05, 0) is 42.8 Å². The van der Waals surface area contributed by atoms with Crippen LogP contribution in [0.1, 0.15) is 22.3 Å². The molecule has 3 rings (SSSR count). The normalized spacial score (nSPS) is 17.1. The van der Waals surface area contributed by atoms with Crippen LogP contribution in [0.4, 0.5) is 0 Å². The highest BCUT2D eigenvalue weighted by Crippen LogP contribution is 2.24. The minimum atomic E-state index is -1.14. The molecular weight excluding hydrogens is 403 g/mol. The molecule has 0 bridgehead atoms. The molecule has 3 N–H and O–H groups in total. The van der Waals surface area contributed by atoms with Gasteiger partial charge in [0, 0.05) is 13.0 Å². The Bertz CT molecular complexity index is 832. The number of halogens is 2. The number of nitrogens with one attached hydrogen (secondary N) is 2. The molecule has 6 nitrogen and oxygen atoms in total. The standard InChI is InChI=1S/C20H20Cl2N2O4/c21-15-2-1-3-16(22)18(15)19(25)24-17(20(26)27)10-12-4-6-13(7-5-12)28-14-8-9-23-11-14/h1-7,14,17,23H,8-11H2,(H,24,25)(H,26,27)/t14-,17-/m0/s1. The molecular formula is C20H20Cl2N2O4. The Hall–Kier alpha value is -2.28. The number of benzene rings is 2. The molecule has 0 radical (unpaired) electrons. The first-order valence-electron chi connectivity index (χ1n) is 8.88. The van der Waals surface area contributed by atoms with Crippen molar-refractivity contribution in [2.75, 3.05) is 13.1 Å². The van der Waals surface area contributed by atoms with Gasteiger partial charge >= 0.3 is 5.97 Å². The summed E-state index contributed by atoms with van der Waals surface area (Å²) in [6, 6.07) is 10.7. The van der Waals surface area contributed by atoms with Crippen LogP contribution >= 0.6 is 23.2 Å². The smallest absolute Gasteiger partial charge is 0.326 e. The molecule has 1 aliphatic rings. The zero-order valence-corrected chi connectivity index (χ0v) is 16.5. The number of carboxylic acid groups (broad SMARTS) is 1. The minimum absolute atomic E-state index is 0.0611. The molecule has 1 fully saturated rings. The maximum absolute atomic E-state index is 12.5. The van der Waals surface area contributed by atoms with Crippen LogP contribution in [0.25, 0.3) is 0 Å². The van der Waals surface area contributed by atoms with Gasteiger partial charge in [-0.1, -0.05) is 41.4 Å². The van der Waals surface area contributed by atoms with Gasteiger partial charge in [0.05, 0.1) is 15.6 Å². The fourth-order valence-electron chi connectivity index (χ4n) is 3.01. The molecule has 2 aromatic carbocycles. The van der Waals surface area contributed by atoms with E-state index in [0.717, 1.165) is 30.8 Å². The first kappa shape index (κ1) is 20.5. The fraction of sp³-hybridized carbons (Fsp3) is 0.300. The summed E-state index contributed by atoms with van der Waals surface area (Å²) in [6.07, 6.45) is 1.23. The van der Waals surface area contributed by atoms with Crippen molar-refractivity contribution >= 4 is 35.1 Å². The van der Waals surface area contributed by atoms with E-state index in [1.165, 1.54) is 12.1 Å². The molecule has 0 spiro atoms. The Morgan fingerprint density at radius 1 is 1.18 bits per heavy atom. The van der Waals surface area contributed by atoms with Gasteiger partial charge in [-0.25, -0.2) is 4.79 Å². The molecule has 1 heterocycles. The lowest BCUT2D eigenvalue weighted by molar-refractivity contribution is -0.139. The third-order valence-corrected chi connectivity index (χ3v) is 5.10. The van der Waals surface area contributed by atoms with E-state index in [0.29, 0.717) is 0 Å². The predicted octanol–water partition coefficient (Wildman–Crippen LogP) is 3.16. The van der Waals surface area contributed by atoms with Crippen LogP contribution in [-0.4, -0.2) is 42.2 Å². The van der Waals surface area contributed by atoms with Gasteiger partial charge in [-0.15, -0.1) is 0 Å². The zero-order chi connectivity index (χ0) is 20.1. The van der Waals surface area contributed by atoms with E-state index in [1.54, 1.807) is 30.3 Å². The second kappa shape index (κ2) is 9.28. The maximum Gasteiger partial charge on any atom is 0.326 e. The summed E-state index contributed by atoms with van der Waals surface area (Å²) in [6.45, 7) is 1.76. The monoisotopic (exact) mass is 422 g/mol. The molecule has 28 heavy (non-hydrogen) atoms. The Balaban J connectivity index is 1.66. The van der Waals surface area contributed by atoms with Crippen molar-refractivity contribution in [3.8, 4) is 5.75 Å². The van der Waals surface area contributed by atoms with Gasteiger partial charge < -0.3 is 20.5 Å². The number of amides is 1. The van der Waals surface area contributed by atoms with Crippen molar-refractivity contribution in [3.63, 3.8) is 0 Å². The fourth-order valence-corrected chi connectivity index (χ4v) is 3.58. The van der Waals surface area contributed by atoms with E-state index >= 15 is 0 Å². The van der Waals surface area contributed by atoms with Crippen molar-refractivity contribution in [2.45, 2.75) is 25.0 Å². The van der Waals surface area contributed by atoms with Gasteiger partial charge in [0.2, 0.25) is 0 Å². The van der Waals surface area contributed by atoms with Crippen LogP contribution in [0, 0.1) is 0 Å². The number of carbonyl (C=O) groups is 2. The summed E-state index contributed by atoms with van der Waals surface area (Å²) in [7, 11) is 0. The van der Waals surface area contributed by atoms with Crippen LogP contribution in [-0.2, 0) is 11.2 Å². The number of hydrogen-bond acceptors (Lipinski definition) is 4. The van der Waals surface area contributed by atoms with Crippen LogP contribution in [0.15, 0.2) is 42.5 Å². The molecule has 2 atom stereocenters. The molecule has 0 aliphatic carbocycles. The third-order valence-electron chi connectivity index (χ3n) is 4.47. The van der Waals surface area contributed by atoms with Crippen LogP contribution in [0.2, 0.25) is 10.0 Å². The van der Waals surface area contributed by atoms with E-state index in [9.17, 15) is 14.7 Å². The van der Waals surface area contributed by atoms with Gasteiger partial charge in [0.15, 0.2) is 0 Å². The number of hydrogen-bond donors (Lipinski definition) is 3. The van der Waals surface area contributed by atoms with Gasteiger partial charge in [0.1, 0.15) is 17.9 Å². The zero-order valence-electron chi connectivity index (χ0n) is 15.0. The second-order valence-electron chi connectivity index (χ2n) is 6.54. The SMILES string of the molecule is O=C(N[C@@H](Cc1ccc(O[C@H]2CCNC2)cc1)C(=O)O)c1c(Cl)cccc1Cl. The third kappa shape index (κ3) is 5.16. The summed E-state index contributed by atoms with van der Waals surface area (Å²) in [5.74, 6) is -1.04. The van der Waals surface area contributed by atoms with Crippen LogP contribution < -0.4 is 15.4 Å². The number of aliphatic carboxylic acids is 1. The van der Waals surface area contributed by atoms with Gasteiger partial charge in [0.25, 0.3) is 5.91 Å². The quantitative estimate of drug-likeness (QED) is 0.637. The van der Waals surface area contributed by atoms with E-state index in [1.807, 2.05) is 0 Å².